The van der Waals surface area contributed by atoms with Gasteiger partial charge in [-0.1, -0.05) is 53.1 Å². The number of hydrogen-bond acceptors (Lipinski definition) is 4. The lowest BCUT2D eigenvalue weighted by atomic mass is 9.75. The number of ketones is 1. The molecule has 0 bridgehead atoms. The summed E-state index contributed by atoms with van der Waals surface area (Å²) < 4.78 is 1.80. The molecule has 0 radical (unpaired) electrons. The van der Waals surface area contributed by atoms with Crippen LogP contribution in [0.2, 0.25) is 5.15 Å². The van der Waals surface area contributed by atoms with E-state index < -0.39 is 0 Å². The van der Waals surface area contributed by atoms with Gasteiger partial charge in [0.15, 0.2) is 16.8 Å². The highest BCUT2D eigenvalue weighted by molar-refractivity contribution is 6.29. The van der Waals surface area contributed by atoms with Crippen LogP contribution in [0.25, 0.3) is 5.82 Å². The average molecular weight is 389 g/mol. The predicted molar refractivity (Wildman–Crippen MR) is 108 cm³/mol. The largest absolute Gasteiger partial charge is 0.294 e. The number of halogens is 1. The van der Waals surface area contributed by atoms with Crippen molar-refractivity contribution >= 4 is 17.4 Å². The van der Waals surface area contributed by atoms with Crippen molar-refractivity contribution in [3.8, 4) is 5.82 Å². The van der Waals surface area contributed by atoms with Gasteiger partial charge in [0.05, 0.1) is 17.0 Å². The number of Topliss-reactive ketones (excluding diaryl/α,β-unsaturated/α-hetero) is 1. The lowest BCUT2D eigenvalue weighted by molar-refractivity contribution is 0.0909. The molecule has 0 saturated carbocycles. The first-order chi connectivity index (χ1) is 12.5. The highest BCUT2D eigenvalue weighted by Crippen LogP contribution is 2.38. The van der Waals surface area contributed by atoms with E-state index in [0.29, 0.717) is 23.3 Å². The Balaban J connectivity index is 2.05. The summed E-state index contributed by atoms with van der Waals surface area (Å²) >= 11 is 5.89. The van der Waals surface area contributed by atoms with Gasteiger partial charge in [-0.05, 0) is 48.1 Å². The van der Waals surface area contributed by atoms with Crippen molar-refractivity contribution in [1.82, 2.24) is 20.0 Å². The average Bonchev–Trinajstić information content (AvgIpc) is 2.83. The second kappa shape index (κ2) is 7.01. The van der Waals surface area contributed by atoms with E-state index in [0.717, 1.165) is 36.2 Å². The highest BCUT2D eigenvalue weighted by atomic mass is 35.5. The molecule has 3 rings (SSSR count). The van der Waals surface area contributed by atoms with Crippen LogP contribution in [-0.4, -0.2) is 25.8 Å². The number of fused-ring (bicyclic) bond motifs is 1. The van der Waals surface area contributed by atoms with Crippen LogP contribution < -0.4 is 0 Å². The van der Waals surface area contributed by atoms with Gasteiger partial charge in [-0.2, -0.15) is 5.10 Å². The van der Waals surface area contributed by atoms with Gasteiger partial charge in [0.1, 0.15) is 0 Å². The lowest BCUT2D eigenvalue weighted by Crippen LogP contribution is -2.28. The molecule has 0 N–H and O–H groups in total. The third kappa shape index (κ3) is 4.57. The predicted octanol–water partition coefficient (Wildman–Crippen LogP) is 5.09. The summed E-state index contributed by atoms with van der Waals surface area (Å²) in [7, 11) is 0. The summed E-state index contributed by atoms with van der Waals surface area (Å²) in [6, 6.07) is 3.51. The lowest BCUT2D eigenvalue weighted by Gasteiger charge is -2.29. The number of carbonyl (C=O) groups is 1. The number of carbonyl (C=O) groups excluding carboxylic acids is 1. The summed E-state index contributed by atoms with van der Waals surface area (Å²) in [5.41, 5.74) is 2.79. The second-order valence-corrected chi connectivity index (χ2v) is 10.3. The summed E-state index contributed by atoms with van der Waals surface area (Å²) in [6.45, 7) is 13.2. The van der Waals surface area contributed by atoms with Gasteiger partial charge in [0.2, 0.25) is 0 Å². The molecule has 2 heterocycles. The van der Waals surface area contributed by atoms with Crippen LogP contribution >= 0.6 is 11.6 Å². The van der Waals surface area contributed by atoms with Gasteiger partial charge in [-0.3, -0.25) is 4.79 Å². The summed E-state index contributed by atoms with van der Waals surface area (Å²) in [6.07, 6.45) is 3.21. The van der Waals surface area contributed by atoms with Crippen molar-refractivity contribution in [2.75, 3.05) is 0 Å². The van der Waals surface area contributed by atoms with Crippen molar-refractivity contribution in [2.24, 2.45) is 16.7 Å². The third-order valence-electron chi connectivity index (χ3n) is 4.96. The minimum absolute atomic E-state index is 0.0873. The Bertz CT molecular complexity index is 846. The molecule has 6 heteroatoms. The molecule has 0 spiro atoms. The number of rotatable bonds is 4. The SMILES string of the molecule is CC(Cc1nn(-c2ccc(Cl)nn2)c2c1C(=O)CC(C)(C)C2)CC(C)(C)C. The zero-order valence-corrected chi connectivity index (χ0v) is 17.9. The third-order valence-corrected chi connectivity index (χ3v) is 5.16. The van der Waals surface area contributed by atoms with Crippen molar-refractivity contribution in [3.63, 3.8) is 0 Å². The van der Waals surface area contributed by atoms with Gasteiger partial charge in [0, 0.05) is 6.42 Å². The molecule has 0 amide bonds. The van der Waals surface area contributed by atoms with Crippen LogP contribution in [0.4, 0.5) is 0 Å². The van der Waals surface area contributed by atoms with Gasteiger partial charge < -0.3 is 0 Å². The second-order valence-electron chi connectivity index (χ2n) is 9.91. The van der Waals surface area contributed by atoms with Crippen molar-refractivity contribution in [1.29, 1.82) is 0 Å². The van der Waals surface area contributed by atoms with Crippen molar-refractivity contribution < 1.29 is 4.79 Å². The van der Waals surface area contributed by atoms with Crippen molar-refractivity contribution in [2.45, 2.75) is 67.2 Å². The quantitative estimate of drug-likeness (QED) is 0.732. The van der Waals surface area contributed by atoms with E-state index in [1.807, 2.05) is 0 Å². The van der Waals surface area contributed by atoms with Crippen LogP contribution in [0, 0.1) is 16.7 Å². The van der Waals surface area contributed by atoms with Gasteiger partial charge in [0.25, 0.3) is 0 Å². The Morgan fingerprint density at radius 2 is 1.93 bits per heavy atom. The molecule has 5 nitrogen and oxygen atoms in total. The van der Waals surface area contributed by atoms with E-state index in [9.17, 15) is 4.79 Å². The normalized spacial score (nSPS) is 17.7. The van der Waals surface area contributed by atoms with Gasteiger partial charge in [-0.25, -0.2) is 4.68 Å². The molecule has 1 unspecified atom stereocenters. The molecular weight excluding hydrogens is 360 g/mol. The zero-order valence-electron chi connectivity index (χ0n) is 17.1. The number of aromatic nitrogens is 4. The fourth-order valence-corrected chi connectivity index (χ4v) is 4.33. The van der Waals surface area contributed by atoms with Crippen LogP contribution in [0.5, 0.6) is 0 Å². The Morgan fingerprint density at radius 1 is 1.22 bits per heavy atom. The van der Waals surface area contributed by atoms with Crippen LogP contribution in [-0.2, 0) is 12.8 Å². The molecule has 0 saturated heterocycles. The van der Waals surface area contributed by atoms with E-state index in [4.69, 9.17) is 16.7 Å². The first-order valence-corrected chi connectivity index (χ1v) is 9.96. The standard InChI is InChI=1S/C21H29ClN4O/c1-13(10-20(2,3)4)9-14-19-15(11-21(5,6)12-16(19)27)26(25-14)18-8-7-17(22)23-24-18/h7-8,13H,9-12H2,1-6H3. The van der Waals surface area contributed by atoms with Crippen LogP contribution in [0.15, 0.2) is 12.1 Å². The molecule has 1 aliphatic rings. The fourth-order valence-electron chi connectivity index (χ4n) is 4.23. The number of nitrogens with zero attached hydrogens (tertiary/aromatic N) is 4. The van der Waals surface area contributed by atoms with E-state index in [-0.39, 0.29) is 16.6 Å². The van der Waals surface area contributed by atoms with Gasteiger partial charge in [-0.15, -0.1) is 10.2 Å². The Hall–Kier alpha value is -1.75. The Morgan fingerprint density at radius 3 is 2.52 bits per heavy atom. The molecule has 1 aliphatic carbocycles. The Labute approximate surface area is 166 Å². The minimum atomic E-state index is -0.0873. The smallest absolute Gasteiger partial charge is 0.176 e. The molecule has 2 aromatic heterocycles. The maximum atomic E-state index is 13.0. The monoisotopic (exact) mass is 388 g/mol. The Kier molecular flexibility index (Phi) is 5.19. The zero-order chi connectivity index (χ0) is 20.0. The summed E-state index contributed by atoms with van der Waals surface area (Å²) in [5.74, 6) is 1.24. The molecule has 1 atom stereocenters. The number of hydrogen-bond donors (Lipinski definition) is 0. The first kappa shape index (κ1) is 20.0. The summed E-state index contributed by atoms with van der Waals surface area (Å²) in [5, 5.41) is 13.3. The molecule has 146 valence electrons. The van der Waals surface area contributed by atoms with Crippen LogP contribution in [0.3, 0.4) is 0 Å². The van der Waals surface area contributed by atoms with E-state index >= 15 is 0 Å². The first-order valence-electron chi connectivity index (χ1n) is 9.59. The van der Waals surface area contributed by atoms with Crippen LogP contribution in [0.1, 0.15) is 76.1 Å². The molecular formula is C21H29ClN4O. The molecule has 2 aromatic rings. The maximum absolute atomic E-state index is 13.0. The van der Waals surface area contributed by atoms with Crippen molar-refractivity contribution in [3.05, 3.63) is 34.2 Å². The molecule has 0 aliphatic heterocycles. The van der Waals surface area contributed by atoms with E-state index in [1.54, 1.807) is 16.8 Å². The molecule has 0 fully saturated rings. The summed E-state index contributed by atoms with van der Waals surface area (Å²) in [4.78, 5) is 13.0. The van der Waals surface area contributed by atoms with Gasteiger partial charge >= 0.3 is 0 Å². The fraction of sp³-hybridized carbons (Fsp3) is 0.619. The minimum Gasteiger partial charge on any atom is -0.294 e. The maximum Gasteiger partial charge on any atom is 0.176 e. The van der Waals surface area contributed by atoms with E-state index in [2.05, 4.69) is 51.7 Å². The van der Waals surface area contributed by atoms with E-state index in [1.165, 1.54) is 0 Å². The molecule has 27 heavy (non-hydrogen) atoms. The highest BCUT2D eigenvalue weighted by Gasteiger charge is 2.37. The molecule has 0 aromatic carbocycles. The topological polar surface area (TPSA) is 60.7 Å².